The number of anilines is 1. The second-order valence-electron chi connectivity index (χ2n) is 7.32. The predicted octanol–water partition coefficient (Wildman–Crippen LogP) is 5.73. The number of aromatic nitrogens is 1. The van der Waals surface area contributed by atoms with Crippen molar-refractivity contribution in [3.63, 3.8) is 0 Å². The van der Waals surface area contributed by atoms with Crippen LogP contribution in [0.2, 0.25) is 0 Å². The Morgan fingerprint density at radius 2 is 1.79 bits per heavy atom. The lowest BCUT2D eigenvalue weighted by Crippen LogP contribution is -2.28. The van der Waals surface area contributed by atoms with Gasteiger partial charge in [-0.25, -0.2) is 4.98 Å². The van der Waals surface area contributed by atoms with Crippen molar-refractivity contribution < 1.29 is 22.7 Å². The number of likely N-dealkylation sites (N-methyl/N-ethyl adjacent to an activating group) is 1. The van der Waals surface area contributed by atoms with Crippen molar-refractivity contribution >= 4 is 22.9 Å². The highest BCUT2D eigenvalue weighted by Gasteiger charge is 2.30. The van der Waals surface area contributed by atoms with E-state index in [1.807, 2.05) is 18.2 Å². The Bertz CT molecular complexity index is 1050. The van der Waals surface area contributed by atoms with Crippen LogP contribution in [-0.2, 0) is 17.4 Å². The lowest BCUT2D eigenvalue weighted by Gasteiger charge is -2.19. The van der Waals surface area contributed by atoms with E-state index in [9.17, 15) is 18.0 Å². The molecule has 3 aromatic rings. The number of nitrogens with zero attached hydrogens (tertiary/aromatic N) is 2. The first-order valence-electron chi connectivity index (χ1n) is 10.7. The first-order valence-corrected chi connectivity index (χ1v) is 11.5. The van der Waals surface area contributed by atoms with Crippen molar-refractivity contribution in [1.82, 2.24) is 9.88 Å². The zero-order valence-electron chi connectivity index (χ0n) is 18.5. The van der Waals surface area contributed by atoms with Gasteiger partial charge in [0.25, 0.3) is 0 Å². The summed E-state index contributed by atoms with van der Waals surface area (Å²) in [5, 5.41) is 5.16. The Hall–Kier alpha value is -2.91. The number of ether oxygens (including phenoxy) is 1. The molecule has 0 atom stereocenters. The number of nitrogens with one attached hydrogen (secondary N) is 1. The lowest BCUT2D eigenvalue weighted by molar-refractivity contribution is -0.137. The number of para-hydroxylation sites is 2. The fourth-order valence-electron chi connectivity index (χ4n) is 3.20. The maximum absolute atomic E-state index is 12.7. The highest BCUT2D eigenvalue weighted by molar-refractivity contribution is 7.13. The van der Waals surface area contributed by atoms with Crippen molar-refractivity contribution in [2.45, 2.75) is 26.4 Å². The van der Waals surface area contributed by atoms with E-state index in [1.54, 1.807) is 11.4 Å². The summed E-state index contributed by atoms with van der Waals surface area (Å²) in [6, 6.07) is 12.1. The number of carbonyl (C=O) groups excluding carboxylic acids is 1. The van der Waals surface area contributed by atoms with Gasteiger partial charge in [0.1, 0.15) is 17.4 Å². The average Bonchev–Trinajstić information content (AvgIpc) is 3.25. The largest absolute Gasteiger partial charge is 0.490 e. The molecule has 0 aliphatic heterocycles. The van der Waals surface area contributed by atoms with Crippen LogP contribution < -0.4 is 10.1 Å². The third kappa shape index (κ3) is 7.03. The summed E-state index contributed by atoms with van der Waals surface area (Å²) in [4.78, 5) is 19.2. The molecule has 0 aliphatic rings. The van der Waals surface area contributed by atoms with Crippen LogP contribution in [0.5, 0.6) is 5.75 Å². The summed E-state index contributed by atoms with van der Waals surface area (Å²) in [5.74, 6) is 0.348. The Kier molecular flexibility index (Phi) is 8.46. The maximum Gasteiger partial charge on any atom is 0.416 e. The molecule has 0 radical (unpaired) electrons. The Morgan fingerprint density at radius 3 is 2.45 bits per heavy atom. The number of hydrogen-bond donors (Lipinski definition) is 1. The molecule has 5 nitrogen and oxygen atoms in total. The normalized spacial score (nSPS) is 11.6. The average molecular weight is 478 g/mol. The monoisotopic (exact) mass is 477 g/mol. The molecule has 0 unspecified atom stereocenters. The second kappa shape index (κ2) is 11.3. The number of hydrogen-bond acceptors (Lipinski definition) is 5. The molecular weight excluding hydrogens is 451 g/mol. The van der Waals surface area contributed by atoms with E-state index in [0.29, 0.717) is 34.3 Å². The molecule has 1 aromatic heterocycles. The molecule has 176 valence electrons. The number of halogens is 3. The molecule has 9 heteroatoms. The minimum absolute atomic E-state index is 0.0465. The zero-order valence-corrected chi connectivity index (χ0v) is 19.3. The van der Waals surface area contributed by atoms with Gasteiger partial charge in [0, 0.05) is 17.5 Å². The Balaban J connectivity index is 1.59. The van der Waals surface area contributed by atoms with Crippen molar-refractivity contribution in [1.29, 1.82) is 0 Å². The number of rotatable bonds is 10. The van der Waals surface area contributed by atoms with E-state index >= 15 is 0 Å². The minimum atomic E-state index is -4.38. The van der Waals surface area contributed by atoms with Crippen LogP contribution >= 0.6 is 11.3 Å². The second-order valence-corrected chi connectivity index (χ2v) is 8.17. The Morgan fingerprint density at radius 1 is 1.09 bits per heavy atom. The van der Waals surface area contributed by atoms with Crippen LogP contribution in [0, 0.1) is 0 Å². The van der Waals surface area contributed by atoms with Gasteiger partial charge < -0.3 is 15.0 Å². The van der Waals surface area contributed by atoms with Gasteiger partial charge in [-0.3, -0.25) is 4.79 Å². The molecule has 0 saturated carbocycles. The molecule has 0 aliphatic carbocycles. The molecule has 33 heavy (non-hydrogen) atoms. The molecule has 2 aromatic carbocycles. The van der Waals surface area contributed by atoms with Gasteiger partial charge in [-0.05, 0) is 37.4 Å². The molecular formula is C24H26F3N3O2S. The Labute approximate surface area is 195 Å². The number of amides is 1. The van der Waals surface area contributed by atoms with Crippen molar-refractivity contribution in [3.05, 3.63) is 65.2 Å². The van der Waals surface area contributed by atoms with Gasteiger partial charge in [0.05, 0.1) is 23.4 Å². The highest BCUT2D eigenvalue weighted by atomic mass is 32.1. The van der Waals surface area contributed by atoms with Crippen LogP contribution in [0.15, 0.2) is 53.9 Å². The molecule has 0 spiro atoms. The van der Waals surface area contributed by atoms with Crippen LogP contribution in [0.3, 0.4) is 0 Å². The van der Waals surface area contributed by atoms with Crippen molar-refractivity contribution in [2.24, 2.45) is 0 Å². The lowest BCUT2D eigenvalue weighted by atomic mass is 10.1. The summed E-state index contributed by atoms with van der Waals surface area (Å²) >= 11 is 1.28. The van der Waals surface area contributed by atoms with E-state index in [-0.39, 0.29) is 12.3 Å². The summed E-state index contributed by atoms with van der Waals surface area (Å²) < 4.78 is 44.1. The van der Waals surface area contributed by atoms with Gasteiger partial charge >= 0.3 is 6.18 Å². The van der Waals surface area contributed by atoms with E-state index in [0.717, 1.165) is 31.8 Å². The van der Waals surface area contributed by atoms with Crippen LogP contribution in [0.4, 0.5) is 18.9 Å². The number of carbonyl (C=O) groups is 1. The number of thiazole rings is 1. The quantitative estimate of drug-likeness (QED) is 0.405. The first kappa shape index (κ1) is 24.7. The van der Waals surface area contributed by atoms with Crippen molar-refractivity contribution in [3.8, 4) is 16.3 Å². The van der Waals surface area contributed by atoms with Gasteiger partial charge in [-0.2, -0.15) is 13.2 Å². The fraction of sp³-hybridized carbons (Fsp3) is 0.333. The molecule has 0 bridgehead atoms. The zero-order chi connectivity index (χ0) is 23.8. The molecule has 1 heterocycles. The van der Waals surface area contributed by atoms with Crippen LogP contribution in [0.25, 0.3) is 10.6 Å². The third-order valence-electron chi connectivity index (χ3n) is 5.07. The SMILES string of the molecule is CCN(CC)CCOc1ccccc1NC(=O)Cc1csc(-c2ccc(C(F)(F)F)cc2)n1. The van der Waals surface area contributed by atoms with Gasteiger partial charge in [0.15, 0.2) is 0 Å². The van der Waals surface area contributed by atoms with Gasteiger partial charge in [0.2, 0.25) is 5.91 Å². The summed E-state index contributed by atoms with van der Waals surface area (Å²) in [6.45, 7) is 7.39. The fourth-order valence-corrected chi connectivity index (χ4v) is 4.03. The smallest absolute Gasteiger partial charge is 0.416 e. The van der Waals surface area contributed by atoms with Crippen molar-refractivity contribution in [2.75, 3.05) is 31.6 Å². The summed E-state index contributed by atoms with van der Waals surface area (Å²) in [7, 11) is 0. The van der Waals surface area contributed by atoms with Crippen LogP contribution in [0.1, 0.15) is 25.1 Å². The number of benzene rings is 2. The van der Waals surface area contributed by atoms with Gasteiger partial charge in [-0.1, -0.05) is 38.1 Å². The van der Waals surface area contributed by atoms with Crippen LogP contribution in [-0.4, -0.2) is 42.0 Å². The standard InChI is InChI=1S/C24H26F3N3O2S/c1-3-30(4-2)13-14-32-21-8-6-5-7-20(21)29-22(31)15-19-16-33-23(28-19)17-9-11-18(12-10-17)24(25,26)27/h5-12,16H,3-4,13-15H2,1-2H3,(H,29,31). The number of alkyl halides is 3. The molecule has 1 amide bonds. The molecule has 0 saturated heterocycles. The summed E-state index contributed by atoms with van der Waals surface area (Å²) in [5.41, 5.74) is 1.000. The van der Waals surface area contributed by atoms with E-state index in [4.69, 9.17) is 4.74 Å². The predicted molar refractivity (Wildman–Crippen MR) is 125 cm³/mol. The summed E-state index contributed by atoms with van der Waals surface area (Å²) in [6.07, 6.45) is -4.33. The topological polar surface area (TPSA) is 54.5 Å². The molecule has 0 fully saturated rings. The van der Waals surface area contributed by atoms with E-state index in [2.05, 4.69) is 29.0 Å². The molecule has 3 rings (SSSR count). The molecule has 1 N–H and O–H groups in total. The van der Waals surface area contributed by atoms with Gasteiger partial charge in [-0.15, -0.1) is 11.3 Å². The van der Waals surface area contributed by atoms with E-state index < -0.39 is 11.7 Å². The van der Waals surface area contributed by atoms with E-state index in [1.165, 1.54) is 23.5 Å². The highest BCUT2D eigenvalue weighted by Crippen LogP contribution is 2.32. The third-order valence-corrected chi connectivity index (χ3v) is 6.01. The maximum atomic E-state index is 12.7. The first-order chi connectivity index (χ1) is 15.8. The minimum Gasteiger partial charge on any atom is -0.490 e.